The van der Waals surface area contributed by atoms with Gasteiger partial charge in [-0.05, 0) is 46.0 Å². The largest absolute Gasteiger partial charge is 0.340 e. The predicted molar refractivity (Wildman–Crippen MR) is 96.8 cm³/mol. The summed E-state index contributed by atoms with van der Waals surface area (Å²) in [5.41, 5.74) is 5.39. The number of benzene rings is 1. The number of nitrogens with zero attached hydrogens (tertiary/aromatic N) is 4. The van der Waals surface area contributed by atoms with E-state index in [0.717, 1.165) is 28.1 Å². The summed E-state index contributed by atoms with van der Waals surface area (Å²) in [6.07, 6.45) is 0. The van der Waals surface area contributed by atoms with Gasteiger partial charge in [0, 0.05) is 31.9 Å². The van der Waals surface area contributed by atoms with Crippen LogP contribution in [-0.2, 0) is 18.4 Å². The Morgan fingerprint density at radius 2 is 1.79 bits per heavy atom. The third-order valence-electron chi connectivity index (χ3n) is 4.66. The molecule has 0 saturated heterocycles. The van der Waals surface area contributed by atoms with E-state index in [-0.39, 0.29) is 11.9 Å². The molecule has 5 heteroatoms. The Bertz CT molecular complexity index is 733. The maximum absolute atomic E-state index is 13.1. The van der Waals surface area contributed by atoms with E-state index in [4.69, 9.17) is 0 Å². The fourth-order valence-corrected chi connectivity index (χ4v) is 3.10. The van der Waals surface area contributed by atoms with Gasteiger partial charge in [-0.1, -0.05) is 24.3 Å². The van der Waals surface area contributed by atoms with Gasteiger partial charge in [0.2, 0.25) is 5.91 Å². The first kappa shape index (κ1) is 18.2. The lowest BCUT2D eigenvalue weighted by atomic mass is 9.99. The molecule has 24 heavy (non-hydrogen) atoms. The van der Waals surface area contributed by atoms with E-state index >= 15 is 0 Å². The molecule has 1 aromatic heterocycles. The molecule has 0 fully saturated rings. The monoisotopic (exact) mass is 328 g/mol. The number of likely N-dealkylation sites (N-methyl/N-ethyl adjacent to an activating group) is 2. The van der Waals surface area contributed by atoms with Crippen molar-refractivity contribution in [2.45, 2.75) is 33.4 Å². The minimum absolute atomic E-state index is 0.0944. The number of carbonyl (C=O) groups is 1. The van der Waals surface area contributed by atoms with Crippen LogP contribution in [0.5, 0.6) is 0 Å². The fourth-order valence-electron chi connectivity index (χ4n) is 3.10. The molecule has 0 aliphatic heterocycles. The van der Waals surface area contributed by atoms with Crippen LogP contribution in [0.3, 0.4) is 0 Å². The first-order chi connectivity index (χ1) is 11.2. The SMILES string of the molecule is Cc1ccccc1[C@H](C(=O)N(C)Cc1c(C)nn(C)c1C)N(C)C. The zero-order valence-electron chi connectivity index (χ0n) is 15.8. The number of hydrogen-bond acceptors (Lipinski definition) is 3. The summed E-state index contributed by atoms with van der Waals surface area (Å²) in [6.45, 7) is 6.65. The Labute approximate surface area is 144 Å². The minimum Gasteiger partial charge on any atom is -0.340 e. The van der Waals surface area contributed by atoms with E-state index in [0.29, 0.717) is 6.54 Å². The lowest BCUT2D eigenvalue weighted by molar-refractivity contribution is -0.135. The minimum atomic E-state index is -0.284. The maximum Gasteiger partial charge on any atom is 0.244 e. The molecule has 0 radical (unpaired) electrons. The van der Waals surface area contributed by atoms with Gasteiger partial charge in [0.15, 0.2) is 0 Å². The molecule has 1 atom stereocenters. The van der Waals surface area contributed by atoms with Crippen LogP contribution in [-0.4, -0.2) is 46.6 Å². The average molecular weight is 328 g/mol. The molecule has 130 valence electrons. The van der Waals surface area contributed by atoms with Gasteiger partial charge in [-0.3, -0.25) is 14.4 Å². The van der Waals surface area contributed by atoms with Crippen molar-refractivity contribution in [2.24, 2.45) is 7.05 Å². The van der Waals surface area contributed by atoms with Crippen LogP contribution < -0.4 is 0 Å². The van der Waals surface area contributed by atoms with Gasteiger partial charge in [-0.2, -0.15) is 5.10 Å². The summed E-state index contributed by atoms with van der Waals surface area (Å²) < 4.78 is 1.87. The zero-order valence-corrected chi connectivity index (χ0v) is 15.8. The van der Waals surface area contributed by atoms with E-state index in [1.54, 1.807) is 4.90 Å². The third kappa shape index (κ3) is 3.51. The highest BCUT2D eigenvalue weighted by molar-refractivity contribution is 5.83. The van der Waals surface area contributed by atoms with Gasteiger partial charge in [0.25, 0.3) is 0 Å². The van der Waals surface area contributed by atoms with E-state index in [2.05, 4.69) is 18.1 Å². The lowest BCUT2D eigenvalue weighted by Gasteiger charge is -2.29. The van der Waals surface area contributed by atoms with Gasteiger partial charge in [0.1, 0.15) is 6.04 Å². The molecule has 1 aromatic carbocycles. The highest BCUT2D eigenvalue weighted by Gasteiger charge is 2.28. The van der Waals surface area contributed by atoms with Crippen molar-refractivity contribution in [1.82, 2.24) is 19.6 Å². The molecular formula is C19H28N4O. The average Bonchev–Trinajstić information content (AvgIpc) is 2.75. The van der Waals surface area contributed by atoms with Gasteiger partial charge >= 0.3 is 0 Å². The first-order valence-corrected chi connectivity index (χ1v) is 8.20. The number of aryl methyl sites for hydroxylation is 3. The number of rotatable bonds is 5. The highest BCUT2D eigenvalue weighted by Crippen LogP contribution is 2.25. The second-order valence-electron chi connectivity index (χ2n) is 6.69. The number of aromatic nitrogens is 2. The molecule has 0 bridgehead atoms. The van der Waals surface area contributed by atoms with Crippen molar-refractivity contribution < 1.29 is 4.79 Å². The van der Waals surface area contributed by atoms with Crippen LogP contribution in [0.4, 0.5) is 0 Å². The molecule has 0 N–H and O–H groups in total. The second kappa shape index (κ2) is 7.18. The van der Waals surface area contributed by atoms with Crippen LogP contribution in [0.15, 0.2) is 24.3 Å². The normalized spacial score (nSPS) is 12.5. The van der Waals surface area contributed by atoms with Crippen molar-refractivity contribution in [3.63, 3.8) is 0 Å². The van der Waals surface area contributed by atoms with E-state index < -0.39 is 0 Å². The van der Waals surface area contributed by atoms with E-state index in [1.807, 2.05) is 69.8 Å². The van der Waals surface area contributed by atoms with Crippen LogP contribution in [0.2, 0.25) is 0 Å². The van der Waals surface area contributed by atoms with Gasteiger partial charge in [-0.25, -0.2) is 0 Å². The van der Waals surface area contributed by atoms with Crippen LogP contribution >= 0.6 is 0 Å². The smallest absolute Gasteiger partial charge is 0.244 e. The summed E-state index contributed by atoms with van der Waals surface area (Å²) in [6, 6.07) is 7.79. The Hall–Kier alpha value is -2.14. The molecule has 0 aliphatic carbocycles. The summed E-state index contributed by atoms with van der Waals surface area (Å²) in [7, 11) is 7.69. The maximum atomic E-state index is 13.1. The van der Waals surface area contributed by atoms with Crippen LogP contribution in [0.1, 0.15) is 34.1 Å². The third-order valence-corrected chi connectivity index (χ3v) is 4.66. The summed E-state index contributed by atoms with van der Waals surface area (Å²) in [5, 5.41) is 4.44. The fraction of sp³-hybridized carbons (Fsp3) is 0.474. The zero-order chi connectivity index (χ0) is 18.0. The Morgan fingerprint density at radius 1 is 1.17 bits per heavy atom. The quantitative estimate of drug-likeness (QED) is 0.847. The summed E-state index contributed by atoms with van der Waals surface area (Å²) >= 11 is 0. The molecule has 2 rings (SSSR count). The standard InChI is InChI=1S/C19H28N4O/c1-13-10-8-9-11-16(13)18(21(4)5)19(24)22(6)12-17-14(2)20-23(7)15(17)3/h8-11,18H,12H2,1-7H3/t18-/m1/s1. The van der Waals surface area contributed by atoms with E-state index in [1.165, 1.54) is 0 Å². The predicted octanol–water partition coefficient (Wildman–Crippen LogP) is 2.61. The summed E-state index contributed by atoms with van der Waals surface area (Å²) in [5.74, 6) is 0.0944. The lowest BCUT2D eigenvalue weighted by Crippen LogP contribution is -2.38. The van der Waals surface area contributed by atoms with Gasteiger partial charge in [-0.15, -0.1) is 0 Å². The Morgan fingerprint density at radius 3 is 2.29 bits per heavy atom. The molecule has 0 saturated carbocycles. The molecule has 0 unspecified atom stereocenters. The molecule has 1 heterocycles. The number of amides is 1. The topological polar surface area (TPSA) is 41.4 Å². The molecular weight excluding hydrogens is 300 g/mol. The molecule has 1 amide bonds. The van der Waals surface area contributed by atoms with Crippen LogP contribution in [0, 0.1) is 20.8 Å². The van der Waals surface area contributed by atoms with Crippen LogP contribution in [0.25, 0.3) is 0 Å². The van der Waals surface area contributed by atoms with Gasteiger partial charge < -0.3 is 4.90 Å². The van der Waals surface area contributed by atoms with Crippen molar-refractivity contribution in [3.8, 4) is 0 Å². The number of carbonyl (C=O) groups excluding carboxylic acids is 1. The first-order valence-electron chi connectivity index (χ1n) is 8.20. The van der Waals surface area contributed by atoms with Gasteiger partial charge in [0.05, 0.1) is 5.69 Å². The molecule has 0 aliphatic rings. The van der Waals surface area contributed by atoms with E-state index in [9.17, 15) is 4.79 Å². The van der Waals surface area contributed by atoms with Crippen molar-refractivity contribution >= 4 is 5.91 Å². The Kier molecular flexibility index (Phi) is 5.44. The molecule has 5 nitrogen and oxygen atoms in total. The highest BCUT2D eigenvalue weighted by atomic mass is 16.2. The molecule has 2 aromatic rings. The Balaban J connectivity index is 2.28. The summed E-state index contributed by atoms with van der Waals surface area (Å²) in [4.78, 5) is 16.9. The van der Waals surface area contributed by atoms with Crippen molar-refractivity contribution in [1.29, 1.82) is 0 Å². The van der Waals surface area contributed by atoms with Crippen molar-refractivity contribution in [2.75, 3.05) is 21.1 Å². The number of hydrogen-bond donors (Lipinski definition) is 0. The second-order valence-corrected chi connectivity index (χ2v) is 6.69. The van der Waals surface area contributed by atoms with Crippen molar-refractivity contribution in [3.05, 3.63) is 52.3 Å². The molecule has 0 spiro atoms.